The van der Waals surface area contributed by atoms with Crippen LogP contribution < -0.4 is 5.32 Å². The van der Waals surface area contributed by atoms with Gasteiger partial charge in [0.2, 0.25) is 0 Å². The number of hydrogen-bond donors (Lipinski definition) is 1. The van der Waals surface area contributed by atoms with Crippen LogP contribution in [0.5, 0.6) is 0 Å². The van der Waals surface area contributed by atoms with Crippen LogP contribution in [0, 0.1) is 5.92 Å². The van der Waals surface area contributed by atoms with Crippen molar-refractivity contribution in [1.82, 2.24) is 5.32 Å². The minimum Gasteiger partial charge on any atom is -0.380 e. The standard InChI is InChI=1S/C13H27NO/c1-4-13(15-3)12(14-2)10-11-8-6-5-7-9-11/h11-14H,4-10H2,1-3H3. The molecule has 1 aliphatic carbocycles. The summed E-state index contributed by atoms with van der Waals surface area (Å²) in [6.07, 6.45) is 9.96. The molecule has 90 valence electrons. The van der Waals surface area contributed by atoms with Crippen LogP contribution in [0.3, 0.4) is 0 Å². The maximum absolute atomic E-state index is 5.53. The molecule has 0 saturated heterocycles. The average molecular weight is 213 g/mol. The Labute approximate surface area is 94.8 Å². The second-order valence-corrected chi connectivity index (χ2v) is 4.82. The first-order valence-corrected chi connectivity index (χ1v) is 6.51. The topological polar surface area (TPSA) is 21.3 Å². The van der Waals surface area contributed by atoms with Gasteiger partial charge in [0.25, 0.3) is 0 Å². The van der Waals surface area contributed by atoms with Crippen LogP contribution in [-0.4, -0.2) is 26.3 Å². The first-order chi connectivity index (χ1) is 7.31. The summed E-state index contributed by atoms with van der Waals surface area (Å²) in [6.45, 7) is 2.21. The Morgan fingerprint density at radius 2 is 1.93 bits per heavy atom. The van der Waals surface area contributed by atoms with E-state index >= 15 is 0 Å². The molecule has 0 radical (unpaired) electrons. The van der Waals surface area contributed by atoms with Gasteiger partial charge in [0.15, 0.2) is 0 Å². The van der Waals surface area contributed by atoms with E-state index in [9.17, 15) is 0 Å². The SMILES string of the molecule is CCC(OC)C(CC1CCCCC1)NC. The molecule has 1 saturated carbocycles. The van der Waals surface area contributed by atoms with Crippen molar-refractivity contribution in [3.05, 3.63) is 0 Å². The molecule has 2 unspecified atom stereocenters. The monoisotopic (exact) mass is 213 g/mol. The van der Waals surface area contributed by atoms with Crippen LogP contribution in [-0.2, 0) is 4.74 Å². The third kappa shape index (κ3) is 4.12. The van der Waals surface area contributed by atoms with E-state index in [2.05, 4.69) is 19.3 Å². The quantitative estimate of drug-likeness (QED) is 0.732. The van der Waals surface area contributed by atoms with Gasteiger partial charge in [0, 0.05) is 13.2 Å². The predicted molar refractivity (Wildman–Crippen MR) is 65.1 cm³/mol. The van der Waals surface area contributed by atoms with E-state index in [1.807, 2.05) is 7.11 Å². The summed E-state index contributed by atoms with van der Waals surface area (Å²) in [5.74, 6) is 0.931. The zero-order chi connectivity index (χ0) is 11.1. The van der Waals surface area contributed by atoms with E-state index in [0.717, 1.165) is 12.3 Å². The lowest BCUT2D eigenvalue weighted by molar-refractivity contribution is 0.0569. The highest BCUT2D eigenvalue weighted by Gasteiger charge is 2.23. The molecule has 1 fully saturated rings. The Morgan fingerprint density at radius 3 is 2.40 bits per heavy atom. The molecule has 0 bridgehead atoms. The number of hydrogen-bond acceptors (Lipinski definition) is 2. The summed E-state index contributed by atoms with van der Waals surface area (Å²) in [6, 6.07) is 0.545. The Bertz CT molecular complexity index is 151. The fourth-order valence-electron chi connectivity index (χ4n) is 2.85. The smallest absolute Gasteiger partial charge is 0.0721 e. The molecule has 0 spiro atoms. The summed E-state index contributed by atoms with van der Waals surface area (Å²) in [4.78, 5) is 0. The van der Waals surface area contributed by atoms with Gasteiger partial charge in [-0.25, -0.2) is 0 Å². The van der Waals surface area contributed by atoms with E-state index in [0.29, 0.717) is 12.1 Å². The number of ether oxygens (including phenoxy) is 1. The Kier molecular flexibility index (Phi) is 6.26. The zero-order valence-corrected chi connectivity index (χ0v) is 10.6. The second-order valence-electron chi connectivity index (χ2n) is 4.82. The normalized spacial score (nSPS) is 22.6. The minimum absolute atomic E-state index is 0.386. The van der Waals surface area contributed by atoms with Gasteiger partial charge in [-0.2, -0.15) is 0 Å². The van der Waals surface area contributed by atoms with Crippen LogP contribution in [0.15, 0.2) is 0 Å². The van der Waals surface area contributed by atoms with E-state index in [-0.39, 0.29) is 0 Å². The summed E-state index contributed by atoms with van der Waals surface area (Å²) in [5, 5.41) is 3.43. The largest absolute Gasteiger partial charge is 0.380 e. The predicted octanol–water partition coefficient (Wildman–Crippen LogP) is 2.97. The van der Waals surface area contributed by atoms with E-state index in [1.54, 1.807) is 0 Å². The molecule has 0 amide bonds. The van der Waals surface area contributed by atoms with E-state index in [4.69, 9.17) is 4.74 Å². The first-order valence-electron chi connectivity index (χ1n) is 6.51. The summed E-state index contributed by atoms with van der Waals surface area (Å²) in [5.41, 5.74) is 0. The lowest BCUT2D eigenvalue weighted by atomic mass is 9.83. The molecule has 0 aromatic heterocycles. The molecule has 0 aromatic carbocycles. The molecule has 2 atom stereocenters. The number of rotatable bonds is 6. The van der Waals surface area contributed by atoms with Crippen molar-refractivity contribution in [2.24, 2.45) is 5.92 Å². The van der Waals surface area contributed by atoms with Crippen molar-refractivity contribution in [2.75, 3.05) is 14.2 Å². The molecule has 1 N–H and O–H groups in total. The van der Waals surface area contributed by atoms with E-state index in [1.165, 1.54) is 38.5 Å². The van der Waals surface area contributed by atoms with Crippen molar-refractivity contribution < 1.29 is 4.74 Å². The van der Waals surface area contributed by atoms with Crippen molar-refractivity contribution in [2.45, 2.75) is 64.0 Å². The fraction of sp³-hybridized carbons (Fsp3) is 1.00. The summed E-state index contributed by atoms with van der Waals surface area (Å²) >= 11 is 0. The van der Waals surface area contributed by atoms with Crippen LogP contribution in [0.25, 0.3) is 0 Å². The number of nitrogens with one attached hydrogen (secondary N) is 1. The highest BCUT2D eigenvalue weighted by Crippen LogP contribution is 2.28. The number of methoxy groups -OCH3 is 1. The second kappa shape index (κ2) is 7.24. The molecule has 2 heteroatoms. The van der Waals surface area contributed by atoms with Gasteiger partial charge in [0.05, 0.1) is 6.10 Å². The molecule has 15 heavy (non-hydrogen) atoms. The van der Waals surface area contributed by atoms with Crippen molar-refractivity contribution in [1.29, 1.82) is 0 Å². The maximum atomic E-state index is 5.53. The highest BCUT2D eigenvalue weighted by atomic mass is 16.5. The third-order valence-corrected chi connectivity index (χ3v) is 3.84. The lowest BCUT2D eigenvalue weighted by Crippen LogP contribution is -2.40. The molecular weight excluding hydrogens is 186 g/mol. The molecule has 2 nitrogen and oxygen atoms in total. The van der Waals surface area contributed by atoms with Crippen molar-refractivity contribution >= 4 is 0 Å². The third-order valence-electron chi connectivity index (χ3n) is 3.84. The molecule has 0 heterocycles. The van der Waals surface area contributed by atoms with Gasteiger partial charge in [-0.3, -0.25) is 0 Å². The molecule has 0 aromatic rings. The van der Waals surface area contributed by atoms with Crippen molar-refractivity contribution in [3.63, 3.8) is 0 Å². The molecular formula is C13H27NO. The van der Waals surface area contributed by atoms with Gasteiger partial charge >= 0.3 is 0 Å². The van der Waals surface area contributed by atoms with E-state index < -0.39 is 0 Å². The summed E-state index contributed by atoms with van der Waals surface area (Å²) < 4.78 is 5.53. The van der Waals surface area contributed by atoms with Crippen LogP contribution in [0.1, 0.15) is 51.9 Å². The van der Waals surface area contributed by atoms with Crippen molar-refractivity contribution in [3.8, 4) is 0 Å². The fourth-order valence-corrected chi connectivity index (χ4v) is 2.85. The molecule has 1 aliphatic rings. The van der Waals surface area contributed by atoms with Gasteiger partial charge in [-0.05, 0) is 25.8 Å². The Morgan fingerprint density at radius 1 is 1.27 bits per heavy atom. The average Bonchev–Trinajstić information content (AvgIpc) is 2.30. The Balaban J connectivity index is 2.36. The van der Waals surface area contributed by atoms with Gasteiger partial charge < -0.3 is 10.1 Å². The molecule has 1 rings (SSSR count). The highest BCUT2D eigenvalue weighted by molar-refractivity contribution is 4.79. The van der Waals surface area contributed by atoms with Crippen LogP contribution in [0.2, 0.25) is 0 Å². The summed E-state index contributed by atoms with van der Waals surface area (Å²) in [7, 11) is 3.90. The minimum atomic E-state index is 0.386. The molecule has 0 aliphatic heterocycles. The Hall–Kier alpha value is -0.0800. The first kappa shape index (κ1) is 13.0. The van der Waals surface area contributed by atoms with Crippen LogP contribution in [0.4, 0.5) is 0 Å². The number of likely N-dealkylation sites (N-methyl/N-ethyl adjacent to an activating group) is 1. The van der Waals surface area contributed by atoms with Gasteiger partial charge in [-0.1, -0.05) is 39.0 Å². The maximum Gasteiger partial charge on any atom is 0.0721 e. The van der Waals surface area contributed by atoms with Gasteiger partial charge in [-0.15, -0.1) is 0 Å². The lowest BCUT2D eigenvalue weighted by Gasteiger charge is -2.30. The zero-order valence-electron chi connectivity index (χ0n) is 10.6. The van der Waals surface area contributed by atoms with Crippen LogP contribution >= 0.6 is 0 Å². The van der Waals surface area contributed by atoms with Gasteiger partial charge in [0.1, 0.15) is 0 Å².